The molecule has 29 heavy (non-hydrogen) atoms. The van der Waals surface area contributed by atoms with Crippen LogP contribution < -0.4 is 21.3 Å². The summed E-state index contributed by atoms with van der Waals surface area (Å²) in [6, 6.07) is 14.5. The number of alkyl carbamates (subject to hydrolysis) is 1. The zero-order valence-electron chi connectivity index (χ0n) is 16.4. The average Bonchev–Trinajstić information content (AvgIpc) is 3.18. The van der Waals surface area contributed by atoms with Crippen molar-refractivity contribution < 1.29 is 19.1 Å². The SMILES string of the molecule is COCCNC(=O)OC1CCN(c2ccc(C(=O)Nc3ccccc3N)cc2)C1. The molecule has 154 valence electrons. The molecular formula is C21H26N4O4. The lowest BCUT2D eigenvalue weighted by Gasteiger charge is -2.19. The molecule has 0 spiro atoms. The predicted molar refractivity (Wildman–Crippen MR) is 112 cm³/mol. The molecule has 1 aliphatic heterocycles. The van der Waals surface area contributed by atoms with E-state index in [1.165, 1.54) is 0 Å². The van der Waals surface area contributed by atoms with Gasteiger partial charge < -0.3 is 30.7 Å². The normalized spacial score (nSPS) is 15.8. The van der Waals surface area contributed by atoms with E-state index in [0.29, 0.717) is 36.6 Å². The molecular weight excluding hydrogens is 372 g/mol. The van der Waals surface area contributed by atoms with Crippen molar-refractivity contribution in [1.82, 2.24) is 5.32 Å². The van der Waals surface area contributed by atoms with Gasteiger partial charge in [0.05, 0.1) is 24.5 Å². The van der Waals surface area contributed by atoms with Gasteiger partial charge in [-0.15, -0.1) is 0 Å². The Morgan fingerprint density at radius 1 is 1.17 bits per heavy atom. The van der Waals surface area contributed by atoms with Crippen molar-refractivity contribution >= 4 is 29.1 Å². The lowest BCUT2D eigenvalue weighted by atomic mass is 10.1. The first-order chi connectivity index (χ1) is 14.1. The van der Waals surface area contributed by atoms with E-state index in [-0.39, 0.29) is 12.0 Å². The fraction of sp³-hybridized carbons (Fsp3) is 0.333. The van der Waals surface area contributed by atoms with Gasteiger partial charge in [-0.25, -0.2) is 4.79 Å². The van der Waals surface area contributed by atoms with Crippen LogP contribution in [0.4, 0.5) is 21.9 Å². The van der Waals surface area contributed by atoms with Crippen molar-refractivity contribution in [3.63, 3.8) is 0 Å². The highest BCUT2D eigenvalue weighted by Gasteiger charge is 2.26. The molecule has 8 nitrogen and oxygen atoms in total. The van der Waals surface area contributed by atoms with E-state index >= 15 is 0 Å². The van der Waals surface area contributed by atoms with Crippen LogP contribution >= 0.6 is 0 Å². The molecule has 1 fully saturated rings. The van der Waals surface area contributed by atoms with E-state index in [4.69, 9.17) is 15.2 Å². The second kappa shape index (κ2) is 9.79. The van der Waals surface area contributed by atoms with Gasteiger partial charge in [-0.05, 0) is 36.4 Å². The lowest BCUT2D eigenvalue weighted by molar-refractivity contribution is 0.102. The first-order valence-electron chi connectivity index (χ1n) is 9.51. The van der Waals surface area contributed by atoms with Gasteiger partial charge in [0, 0.05) is 37.9 Å². The number of hydrogen-bond acceptors (Lipinski definition) is 6. The summed E-state index contributed by atoms with van der Waals surface area (Å²) < 4.78 is 10.3. The molecule has 2 amide bonds. The van der Waals surface area contributed by atoms with Gasteiger partial charge in [0.15, 0.2) is 0 Å². The van der Waals surface area contributed by atoms with E-state index in [9.17, 15) is 9.59 Å². The minimum absolute atomic E-state index is 0.165. The van der Waals surface area contributed by atoms with Crippen molar-refractivity contribution in [3.8, 4) is 0 Å². The highest BCUT2D eigenvalue weighted by atomic mass is 16.6. The maximum absolute atomic E-state index is 12.4. The fourth-order valence-corrected chi connectivity index (χ4v) is 3.14. The highest BCUT2D eigenvalue weighted by molar-refractivity contribution is 6.05. The molecule has 1 aliphatic rings. The zero-order valence-corrected chi connectivity index (χ0v) is 16.4. The largest absolute Gasteiger partial charge is 0.444 e. The van der Waals surface area contributed by atoms with Crippen LogP contribution in [-0.4, -0.2) is 51.5 Å². The molecule has 0 saturated carbocycles. The molecule has 1 heterocycles. The third kappa shape index (κ3) is 5.61. The Bertz CT molecular complexity index is 841. The number of carbonyl (C=O) groups is 2. The summed E-state index contributed by atoms with van der Waals surface area (Å²) in [5.41, 5.74) is 8.50. The standard InChI is InChI=1S/C21H26N4O4/c1-28-13-11-23-21(27)29-17-10-12-25(14-17)16-8-6-15(7-9-16)20(26)24-19-5-3-2-4-18(19)22/h2-9,17H,10-14,22H2,1H3,(H,23,27)(H,24,26). The van der Waals surface area contributed by atoms with E-state index < -0.39 is 6.09 Å². The smallest absolute Gasteiger partial charge is 0.407 e. The number of hydrogen-bond donors (Lipinski definition) is 3. The molecule has 3 rings (SSSR count). The number of amides is 2. The van der Waals surface area contributed by atoms with Crippen LogP contribution in [0.5, 0.6) is 0 Å². The van der Waals surface area contributed by atoms with Gasteiger partial charge in [0.1, 0.15) is 6.10 Å². The van der Waals surface area contributed by atoms with Crippen LogP contribution in [-0.2, 0) is 9.47 Å². The molecule has 8 heteroatoms. The van der Waals surface area contributed by atoms with Crippen LogP contribution in [0.3, 0.4) is 0 Å². The molecule has 2 aromatic carbocycles. The van der Waals surface area contributed by atoms with E-state index in [2.05, 4.69) is 15.5 Å². The maximum atomic E-state index is 12.4. The first-order valence-corrected chi connectivity index (χ1v) is 9.51. The van der Waals surface area contributed by atoms with Gasteiger partial charge in [0.25, 0.3) is 5.91 Å². The van der Waals surface area contributed by atoms with Gasteiger partial charge in [-0.2, -0.15) is 0 Å². The Kier molecular flexibility index (Phi) is 6.91. The number of nitrogens with two attached hydrogens (primary N) is 1. The summed E-state index contributed by atoms with van der Waals surface area (Å²) in [4.78, 5) is 26.3. The average molecular weight is 398 g/mol. The van der Waals surface area contributed by atoms with E-state index in [0.717, 1.165) is 18.7 Å². The van der Waals surface area contributed by atoms with Crippen LogP contribution in [0.25, 0.3) is 0 Å². The number of anilines is 3. The molecule has 4 N–H and O–H groups in total. The Morgan fingerprint density at radius 2 is 1.93 bits per heavy atom. The Balaban J connectivity index is 1.52. The maximum Gasteiger partial charge on any atom is 0.407 e. The van der Waals surface area contributed by atoms with Crippen LogP contribution in [0, 0.1) is 0 Å². The third-order valence-corrected chi connectivity index (χ3v) is 4.70. The third-order valence-electron chi connectivity index (χ3n) is 4.70. The van der Waals surface area contributed by atoms with Crippen molar-refractivity contribution in [3.05, 3.63) is 54.1 Å². The van der Waals surface area contributed by atoms with Gasteiger partial charge >= 0.3 is 6.09 Å². The van der Waals surface area contributed by atoms with Gasteiger partial charge in [0.2, 0.25) is 0 Å². The summed E-state index contributed by atoms with van der Waals surface area (Å²) in [5, 5.41) is 5.47. The topological polar surface area (TPSA) is 106 Å². The van der Waals surface area contributed by atoms with Crippen LogP contribution in [0.2, 0.25) is 0 Å². The summed E-state index contributed by atoms with van der Waals surface area (Å²) >= 11 is 0. The monoisotopic (exact) mass is 398 g/mol. The minimum atomic E-state index is -0.430. The van der Waals surface area contributed by atoms with E-state index in [1.807, 2.05) is 24.3 Å². The molecule has 0 radical (unpaired) electrons. The molecule has 0 aliphatic carbocycles. The molecule has 2 aromatic rings. The number of ether oxygens (including phenoxy) is 2. The van der Waals surface area contributed by atoms with Crippen LogP contribution in [0.1, 0.15) is 16.8 Å². The Hall–Kier alpha value is -3.26. The highest BCUT2D eigenvalue weighted by Crippen LogP contribution is 2.23. The molecule has 1 unspecified atom stereocenters. The molecule has 0 aromatic heterocycles. The molecule has 1 atom stereocenters. The number of nitrogen functional groups attached to an aromatic ring is 1. The summed E-state index contributed by atoms with van der Waals surface area (Å²) in [7, 11) is 1.58. The predicted octanol–water partition coefficient (Wildman–Crippen LogP) is 2.47. The number of benzene rings is 2. The zero-order chi connectivity index (χ0) is 20.6. The summed E-state index contributed by atoms with van der Waals surface area (Å²) in [6.07, 6.45) is 0.162. The second-order valence-corrected chi connectivity index (χ2v) is 6.77. The number of methoxy groups -OCH3 is 1. The van der Waals surface area contributed by atoms with Crippen LogP contribution in [0.15, 0.2) is 48.5 Å². The van der Waals surface area contributed by atoms with Gasteiger partial charge in [-0.1, -0.05) is 12.1 Å². The Morgan fingerprint density at radius 3 is 2.66 bits per heavy atom. The second-order valence-electron chi connectivity index (χ2n) is 6.77. The first kappa shape index (κ1) is 20.5. The van der Waals surface area contributed by atoms with E-state index in [1.54, 1.807) is 31.4 Å². The molecule has 0 bridgehead atoms. The Labute approximate surface area is 170 Å². The van der Waals surface area contributed by atoms with Gasteiger partial charge in [-0.3, -0.25) is 4.79 Å². The summed E-state index contributed by atoms with van der Waals surface area (Å²) in [5.74, 6) is -0.218. The number of para-hydroxylation sites is 2. The number of carbonyl (C=O) groups excluding carboxylic acids is 2. The van der Waals surface area contributed by atoms with Crippen molar-refractivity contribution in [2.75, 3.05) is 49.3 Å². The number of nitrogens with zero attached hydrogens (tertiary/aromatic N) is 1. The van der Waals surface area contributed by atoms with Crippen molar-refractivity contribution in [1.29, 1.82) is 0 Å². The van der Waals surface area contributed by atoms with Crippen molar-refractivity contribution in [2.24, 2.45) is 0 Å². The number of nitrogens with one attached hydrogen (secondary N) is 2. The molecule has 1 saturated heterocycles. The quantitative estimate of drug-likeness (QED) is 0.489. The fourth-order valence-electron chi connectivity index (χ4n) is 3.14. The lowest BCUT2D eigenvalue weighted by Crippen LogP contribution is -2.32. The minimum Gasteiger partial charge on any atom is -0.444 e. The summed E-state index contributed by atoms with van der Waals surface area (Å²) in [6.45, 7) is 2.26. The van der Waals surface area contributed by atoms with Crippen molar-refractivity contribution in [2.45, 2.75) is 12.5 Å². The number of rotatable bonds is 7.